The van der Waals surface area contributed by atoms with Gasteiger partial charge in [-0.1, -0.05) is 28.1 Å². The molecular weight excluding hydrogens is 342 g/mol. The molecule has 0 saturated carbocycles. The molecule has 1 amide bonds. The standard InChI is InChI=1S/C14H12BrNO3S/c1-19-14(18)12-6-5-11(20-12)13(17)16-8-9-3-2-4-10(15)7-9/h2-7H,8H2,1H3,(H,16,17). The van der Waals surface area contributed by atoms with Crippen LogP contribution in [0.25, 0.3) is 0 Å². The Hall–Kier alpha value is -1.66. The van der Waals surface area contributed by atoms with E-state index in [0.29, 0.717) is 16.3 Å². The number of hydrogen-bond acceptors (Lipinski definition) is 4. The molecule has 1 aromatic carbocycles. The fourth-order valence-corrected chi connectivity index (χ4v) is 2.87. The SMILES string of the molecule is COC(=O)c1ccc(C(=O)NCc2cccc(Br)c2)s1. The Morgan fingerprint density at radius 2 is 2.00 bits per heavy atom. The van der Waals surface area contributed by atoms with Gasteiger partial charge in [-0.15, -0.1) is 11.3 Å². The van der Waals surface area contributed by atoms with Crippen molar-refractivity contribution in [1.29, 1.82) is 0 Å². The highest BCUT2D eigenvalue weighted by atomic mass is 79.9. The Morgan fingerprint density at radius 3 is 2.70 bits per heavy atom. The summed E-state index contributed by atoms with van der Waals surface area (Å²) in [7, 11) is 1.31. The van der Waals surface area contributed by atoms with Gasteiger partial charge >= 0.3 is 5.97 Å². The van der Waals surface area contributed by atoms with Gasteiger partial charge in [0.15, 0.2) is 0 Å². The molecule has 0 unspecified atom stereocenters. The van der Waals surface area contributed by atoms with Crippen molar-refractivity contribution in [2.45, 2.75) is 6.54 Å². The maximum Gasteiger partial charge on any atom is 0.348 e. The van der Waals surface area contributed by atoms with Gasteiger partial charge in [-0.25, -0.2) is 4.79 Å². The quantitative estimate of drug-likeness (QED) is 0.858. The third-order valence-corrected chi connectivity index (χ3v) is 4.12. The summed E-state index contributed by atoms with van der Waals surface area (Å²) < 4.78 is 5.57. The topological polar surface area (TPSA) is 55.4 Å². The maximum atomic E-state index is 12.0. The van der Waals surface area contributed by atoms with Gasteiger partial charge in [-0.3, -0.25) is 4.79 Å². The Kier molecular flexibility index (Phi) is 4.92. The number of esters is 1. The van der Waals surface area contributed by atoms with Gasteiger partial charge in [0.1, 0.15) is 4.88 Å². The summed E-state index contributed by atoms with van der Waals surface area (Å²) in [4.78, 5) is 24.2. The third-order valence-electron chi connectivity index (χ3n) is 2.56. The molecule has 104 valence electrons. The van der Waals surface area contributed by atoms with Crippen LogP contribution >= 0.6 is 27.3 Å². The molecule has 1 N–H and O–H groups in total. The number of rotatable bonds is 4. The molecule has 0 fully saturated rings. The summed E-state index contributed by atoms with van der Waals surface area (Å²) in [5.41, 5.74) is 0.998. The molecule has 0 radical (unpaired) electrons. The van der Waals surface area contributed by atoms with Crippen LogP contribution in [0, 0.1) is 0 Å². The lowest BCUT2D eigenvalue weighted by molar-refractivity contribution is 0.0606. The predicted octanol–water partition coefficient (Wildman–Crippen LogP) is 3.23. The normalized spacial score (nSPS) is 10.1. The Bertz CT molecular complexity index is 639. The number of benzene rings is 1. The first kappa shape index (κ1) is 14.7. The van der Waals surface area contributed by atoms with Gasteiger partial charge in [-0.2, -0.15) is 0 Å². The third kappa shape index (κ3) is 3.68. The van der Waals surface area contributed by atoms with E-state index in [1.807, 2.05) is 24.3 Å². The molecule has 20 heavy (non-hydrogen) atoms. The van der Waals surface area contributed by atoms with E-state index in [1.165, 1.54) is 7.11 Å². The Morgan fingerprint density at radius 1 is 1.25 bits per heavy atom. The number of carbonyl (C=O) groups excluding carboxylic acids is 2. The van der Waals surface area contributed by atoms with Crippen molar-refractivity contribution in [2.24, 2.45) is 0 Å². The van der Waals surface area contributed by atoms with Crippen molar-refractivity contribution in [3.8, 4) is 0 Å². The van der Waals surface area contributed by atoms with E-state index in [2.05, 4.69) is 26.0 Å². The highest BCUT2D eigenvalue weighted by Gasteiger charge is 2.13. The second-order valence-electron chi connectivity index (χ2n) is 3.97. The number of halogens is 1. The van der Waals surface area contributed by atoms with Crippen LogP contribution in [0.1, 0.15) is 24.9 Å². The molecule has 1 heterocycles. The first-order valence-corrected chi connectivity index (χ1v) is 7.42. The molecule has 0 atom stereocenters. The van der Waals surface area contributed by atoms with Gasteiger partial charge in [-0.05, 0) is 29.8 Å². The number of carbonyl (C=O) groups is 2. The van der Waals surface area contributed by atoms with Crippen LogP contribution < -0.4 is 5.32 Å². The van der Waals surface area contributed by atoms with E-state index in [1.54, 1.807) is 12.1 Å². The van der Waals surface area contributed by atoms with Crippen LogP contribution in [0.2, 0.25) is 0 Å². The van der Waals surface area contributed by atoms with Crippen LogP contribution in [-0.4, -0.2) is 19.0 Å². The van der Waals surface area contributed by atoms with Crippen molar-refractivity contribution in [3.05, 3.63) is 56.2 Å². The summed E-state index contributed by atoms with van der Waals surface area (Å²) in [6.07, 6.45) is 0. The number of thiophene rings is 1. The molecule has 4 nitrogen and oxygen atoms in total. The lowest BCUT2D eigenvalue weighted by Crippen LogP contribution is -2.21. The van der Waals surface area contributed by atoms with Crippen LogP contribution in [0.4, 0.5) is 0 Å². The van der Waals surface area contributed by atoms with Gasteiger partial charge in [0.25, 0.3) is 5.91 Å². The molecule has 0 saturated heterocycles. The number of ether oxygens (including phenoxy) is 1. The highest BCUT2D eigenvalue weighted by Crippen LogP contribution is 2.17. The zero-order valence-electron chi connectivity index (χ0n) is 10.7. The lowest BCUT2D eigenvalue weighted by atomic mass is 10.2. The van der Waals surface area contributed by atoms with E-state index in [9.17, 15) is 9.59 Å². The van der Waals surface area contributed by atoms with Gasteiger partial charge in [0.2, 0.25) is 0 Å². The maximum absolute atomic E-state index is 12.0. The van der Waals surface area contributed by atoms with E-state index in [0.717, 1.165) is 21.4 Å². The van der Waals surface area contributed by atoms with E-state index in [4.69, 9.17) is 0 Å². The summed E-state index contributed by atoms with van der Waals surface area (Å²) in [6, 6.07) is 10.9. The molecule has 6 heteroatoms. The van der Waals surface area contributed by atoms with Gasteiger partial charge in [0.05, 0.1) is 12.0 Å². The molecule has 0 spiro atoms. The number of nitrogens with one attached hydrogen (secondary N) is 1. The first-order valence-electron chi connectivity index (χ1n) is 5.81. The zero-order valence-corrected chi connectivity index (χ0v) is 13.1. The number of methoxy groups -OCH3 is 1. The predicted molar refractivity (Wildman–Crippen MR) is 81.0 cm³/mol. The molecule has 2 aromatic rings. The molecule has 0 aliphatic carbocycles. The van der Waals surface area contributed by atoms with Crippen molar-refractivity contribution < 1.29 is 14.3 Å². The molecule has 2 rings (SSSR count). The second-order valence-corrected chi connectivity index (χ2v) is 5.97. The van der Waals surface area contributed by atoms with E-state index < -0.39 is 5.97 Å². The summed E-state index contributed by atoms with van der Waals surface area (Å²) >= 11 is 4.50. The number of amides is 1. The van der Waals surface area contributed by atoms with Crippen LogP contribution in [-0.2, 0) is 11.3 Å². The Labute approximate surface area is 128 Å². The second kappa shape index (κ2) is 6.67. The minimum atomic E-state index is -0.430. The lowest BCUT2D eigenvalue weighted by Gasteiger charge is -2.04. The fourth-order valence-electron chi connectivity index (χ4n) is 1.59. The van der Waals surface area contributed by atoms with E-state index in [-0.39, 0.29) is 5.91 Å². The van der Waals surface area contributed by atoms with Crippen molar-refractivity contribution in [2.75, 3.05) is 7.11 Å². The van der Waals surface area contributed by atoms with E-state index >= 15 is 0 Å². The molecule has 0 aliphatic rings. The molecular formula is C14H12BrNO3S. The molecule has 1 aromatic heterocycles. The monoisotopic (exact) mass is 353 g/mol. The van der Waals surface area contributed by atoms with Crippen LogP contribution in [0.5, 0.6) is 0 Å². The summed E-state index contributed by atoms with van der Waals surface area (Å²) in [5.74, 6) is -0.633. The van der Waals surface area contributed by atoms with Gasteiger partial charge in [0, 0.05) is 11.0 Å². The average Bonchev–Trinajstić information content (AvgIpc) is 2.94. The van der Waals surface area contributed by atoms with Crippen molar-refractivity contribution in [3.63, 3.8) is 0 Å². The first-order chi connectivity index (χ1) is 9.60. The Balaban J connectivity index is 1.98. The molecule has 0 aliphatic heterocycles. The average molecular weight is 354 g/mol. The summed E-state index contributed by atoms with van der Waals surface area (Å²) in [6.45, 7) is 0.434. The highest BCUT2D eigenvalue weighted by molar-refractivity contribution is 9.10. The minimum Gasteiger partial charge on any atom is -0.465 e. The van der Waals surface area contributed by atoms with Crippen molar-refractivity contribution >= 4 is 39.1 Å². The van der Waals surface area contributed by atoms with Gasteiger partial charge < -0.3 is 10.1 Å². The minimum absolute atomic E-state index is 0.204. The summed E-state index contributed by atoms with van der Waals surface area (Å²) in [5, 5.41) is 2.81. The largest absolute Gasteiger partial charge is 0.465 e. The number of hydrogen-bond donors (Lipinski definition) is 1. The molecule has 0 bridgehead atoms. The van der Waals surface area contributed by atoms with Crippen LogP contribution in [0.3, 0.4) is 0 Å². The van der Waals surface area contributed by atoms with Crippen LogP contribution in [0.15, 0.2) is 40.9 Å². The fraction of sp³-hybridized carbons (Fsp3) is 0.143. The smallest absolute Gasteiger partial charge is 0.348 e. The zero-order chi connectivity index (χ0) is 14.5. The van der Waals surface area contributed by atoms with Crippen molar-refractivity contribution in [1.82, 2.24) is 5.32 Å².